The lowest BCUT2D eigenvalue weighted by Gasteiger charge is -2.26. The van der Waals surface area contributed by atoms with E-state index >= 15 is 0 Å². The maximum absolute atomic E-state index is 12.4. The Kier molecular flexibility index (Phi) is 5.63. The van der Waals surface area contributed by atoms with Crippen LogP contribution in [0, 0.1) is 5.92 Å². The molecule has 0 amide bonds. The molecule has 10 heteroatoms. The highest BCUT2D eigenvalue weighted by molar-refractivity contribution is 7.90. The van der Waals surface area contributed by atoms with Gasteiger partial charge in [-0.15, -0.1) is 0 Å². The molecule has 3 N–H and O–H groups in total. The average Bonchev–Trinajstić information content (AvgIpc) is 2.55. The van der Waals surface area contributed by atoms with Gasteiger partial charge in [-0.05, 0) is 50.9 Å². The fraction of sp³-hybridized carbons (Fsp3) is 0.500. The van der Waals surface area contributed by atoms with Crippen LogP contribution in [0.5, 0.6) is 0 Å². The van der Waals surface area contributed by atoms with Crippen molar-refractivity contribution in [3.05, 3.63) is 24.3 Å². The molecular formula is C14H20N2O6S2. The second-order valence-electron chi connectivity index (χ2n) is 5.69. The van der Waals surface area contributed by atoms with E-state index in [0.717, 1.165) is 6.07 Å². The second kappa shape index (κ2) is 7.18. The van der Waals surface area contributed by atoms with Crippen LogP contribution < -0.4 is 9.44 Å². The Bertz CT molecular complexity index is 811. The third kappa shape index (κ3) is 4.32. The van der Waals surface area contributed by atoms with Gasteiger partial charge in [-0.25, -0.2) is 26.3 Å². The fourth-order valence-corrected chi connectivity index (χ4v) is 4.87. The van der Waals surface area contributed by atoms with Gasteiger partial charge in [0.05, 0.1) is 15.7 Å². The molecule has 24 heavy (non-hydrogen) atoms. The molecule has 0 aromatic heterocycles. The molecule has 0 atom stereocenters. The van der Waals surface area contributed by atoms with Crippen molar-refractivity contribution in [2.24, 2.45) is 5.92 Å². The summed E-state index contributed by atoms with van der Waals surface area (Å²) < 4.78 is 53.1. The van der Waals surface area contributed by atoms with E-state index in [-0.39, 0.29) is 15.8 Å². The van der Waals surface area contributed by atoms with Gasteiger partial charge in [0.15, 0.2) is 0 Å². The van der Waals surface area contributed by atoms with Gasteiger partial charge in [0.25, 0.3) is 0 Å². The molecule has 0 saturated heterocycles. The van der Waals surface area contributed by atoms with Crippen LogP contribution in [-0.2, 0) is 24.8 Å². The summed E-state index contributed by atoms with van der Waals surface area (Å²) in [6.45, 7) is 0. The van der Waals surface area contributed by atoms with Crippen molar-refractivity contribution in [3.63, 3.8) is 0 Å². The molecular weight excluding hydrogens is 356 g/mol. The Morgan fingerprint density at radius 1 is 1.04 bits per heavy atom. The van der Waals surface area contributed by atoms with E-state index in [1.165, 1.54) is 25.2 Å². The maximum Gasteiger partial charge on any atom is 0.306 e. The van der Waals surface area contributed by atoms with Crippen molar-refractivity contribution in [1.29, 1.82) is 0 Å². The van der Waals surface area contributed by atoms with Crippen molar-refractivity contribution in [1.82, 2.24) is 9.44 Å². The lowest BCUT2D eigenvalue weighted by atomic mass is 9.87. The minimum Gasteiger partial charge on any atom is -0.481 e. The molecule has 1 saturated carbocycles. The monoisotopic (exact) mass is 376 g/mol. The lowest BCUT2D eigenvalue weighted by molar-refractivity contribution is -0.142. The van der Waals surface area contributed by atoms with E-state index in [9.17, 15) is 21.6 Å². The number of sulfonamides is 2. The summed E-state index contributed by atoms with van der Waals surface area (Å²) in [6, 6.07) is 4.73. The largest absolute Gasteiger partial charge is 0.481 e. The first-order valence-electron chi connectivity index (χ1n) is 7.44. The Hall–Kier alpha value is -1.49. The van der Waals surface area contributed by atoms with Crippen molar-refractivity contribution >= 4 is 26.0 Å². The van der Waals surface area contributed by atoms with Gasteiger partial charge in [-0.3, -0.25) is 4.79 Å². The average molecular weight is 376 g/mol. The van der Waals surface area contributed by atoms with Gasteiger partial charge in [0.2, 0.25) is 20.0 Å². The lowest BCUT2D eigenvalue weighted by Crippen LogP contribution is -2.38. The standard InChI is InChI=1S/C14H20N2O6S2/c1-15-23(19,20)12-3-2-4-13(9-12)24(21,22)16-11-7-5-10(6-8-11)14(17)18/h2-4,9-11,15-16H,5-8H2,1H3,(H,17,18). The highest BCUT2D eigenvalue weighted by Crippen LogP contribution is 2.26. The number of hydrogen-bond donors (Lipinski definition) is 3. The predicted molar refractivity (Wildman–Crippen MR) is 86.4 cm³/mol. The third-order valence-electron chi connectivity index (χ3n) is 4.09. The van der Waals surface area contributed by atoms with Crippen LogP contribution in [0.2, 0.25) is 0 Å². The summed E-state index contributed by atoms with van der Waals surface area (Å²) in [7, 11) is -6.37. The molecule has 0 spiro atoms. The maximum atomic E-state index is 12.4. The van der Waals surface area contributed by atoms with E-state index < -0.39 is 31.9 Å². The Morgan fingerprint density at radius 3 is 2.08 bits per heavy atom. The molecule has 0 aliphatic heterocycles. The fourth-order valence-electron chi connectivity index (χ4n) is 2.67. The van der Waals surface area contributed by atoms with Crippen LogP contribution in [0.25, 0.3) is 0 Å². The summed E-state index contributed by atoms with van der Waals surface area (Å²) in [4.78, 5) is 10.6. The smallest absolute Gasteiger partial charge is 0.306 e. The molecule has 0 radical (unpaired) electrons. The first-order chi connectivity index (χ1) is 11.2. The number of benzene rings is 1. The van der Waals surface area contributed by atoms with Crippen molar-refractivity contribution < 1.29 is 26.7 Å². The van der Waals surface area contributed by atoms with Gasteiger partial charge in [0, 0.05) is 6.04 Å². The van der Waals surface area contributed by atoms with Gasteiger partial charge >= 0.3 is 5.97 Å². The quantitative estimate of drug-likeness (QED) is 0.663. The minimum atomic E-state index is -3.88. The molecule has 1 aliphatic carbocycles. The Labute approximate surface area is 141 Å². The van der Waals surface area contributed by atoms with Crippen molar-refractivity contribution in [3.8, 4) is 0 Å². The highest BCUT2D eigenvalue weighted by atomic mass is 32.2. The van der Waals surface area contributed by atoms with Crippen LogP contribution in [0.1, 0.15) is 25.7 Å². The van der Waals surface area contributed by atoms with Crippen molar-refractivity contribution in [2.45, 2.75) is 41.5 Å². The summed E-state index contributed by atoms with van der Waals surface area (Å²) in [5.41, 5.74) is 0. The molecule has 1 aromatic carbocycles. The molecule has 1 fully saturated rings. The molecule has 1 aromatic rings. The molecule has 8 nitrogen and oxygen atoms in total. The number of rotatable bonds is 6. The van der Waals surface area contributed by atoms with Crippen LogP contribution in [0.3, 0.4) is 0 Å². The van der Waals surface area contributed by atoms with Crippen LogP contribution in [0.4, 0.5) is 0 Å². The first kappa shape index (κ1) is 18.8. The van der Waals surface area contributed by atoms with E-state index in [2.05, 4.69) is 9.44 Å². The SMILES string of the molecule is CNS(=O)(=O)c1cccc(S(=O)(=O)NC2CCC(C(=O)O)CC2)c1. The van der Waals surface area contributed by atoms with Gasteiger partial charge in [0.1, 0.15) is 0 Å². The van der Waals surface area contributed by atoms with E-state index in [1.807, 2.05) is 0 Å². The zero-order chi connectivity index (χ0) is 18.0. The summed E-state index contributed by atoms with van der Waals surface area (Å²) in [6.07, 6.45) is 1.70. The number of aliphatic carboxylic acids is 1. The zero-order valence-electron chi connectivity index (χ0n) is 13.1. The number of carboxylic acids is 1. The minimum absolute atomic E-state index is 0.137. The first-order valence-corrected chi connectivity index (χ1v) is 10.4. The Balaban J connectivity index is 2.14. The molecule has 0 heterocycles. The normalized spacial score (nSPS) is 22.2. The van der Waals surface area contributed by atoms with Crippen LogP contribution in [-0.4, -0.2) is 41.0 Å². The van der Waals surface area contributed by atoms with Crippen LogP contribution in [0.15, 0.2) is 34.1 Å². The second-order valence-corrected chi connectivity index (χ2v) is 9.29. The summed E-state index contributed by atoms with van der Waals surface area (Å²) >= 11 is 0. The zero-order valence-corrected chi connectivity index (χ0v) is 14.7. The summed E-state index contributed by atoms with van der Waals surface area (Å²) in [5.74, 6) is -1.30. The van der Waals surface area contributed by atoms with Crippen LogP contribution >= 0.6 is 0 Å². The number of nitrogens with one attached hydrogen (secondary N) is 2. The van der Waals surface area contributed by atoms with Gasteiger partial charge in [-0.1, -0.05) is 6.07 Å². The summed E-state index contributed by atoms with van der Waals surface area (Å²) in [5, 5.41) is 8.96. The van der Waals surface area contributed by atoms with Gasteiger partial charge in [-0.2, -0.15) is 0 Å². The molecule has 0 unspecified atom stereocenters. The predicted octanol–water partition coefficient (Wildman–Crippen LogP) is 0.516. The topological polar surface area (TPSA) is 130 Å². The van der Waals surface area contributed by atoms with E-state index in [4.69, 9.17) is 5.11 Å². The Morgan fingerprint density at radius 2 is 1.58 bits per heavy atom. The van der Waals surface area contributed by atoms with Gasteiger partial charge < -0.3 is 5.11 Å². The van der Waals surface area contributed by atoms with E-state index in [1.54, 1.807) is 0 Å². The number of carbonyl (C=O) groups is 1. The van der Waals surface area contributed by atoms with E-state index in [0.29, 0.717) is 25.7 Å². The molecule has 2 rings (SSSR count). The molecule has 0 bridgehead atoms. The molecule has 1 aliphatic rings. The number of carboxylic acid groups (broad SMARTS) is 1. The molecule has 134 valence electrons. The highest BCUT2D eigenvalue weighted by Gasteiger charge is 2.29. The van der Waals surface area contributed by atoms with Crippen molar-refractivity contribution in [2.75, 3.05) is 7.05 Å². The third-order valence-corrected chi connectivity index (χ3v) is 7.02. The number of hydrogen-bond acceptors (Lipinski definition) is 5.